The predicted octanol–water partition coefficient (Wildman–Crippen LogP) is 5.14. The van der Waals surface area contributed by atoms with Gasteiger partial charge < -0.3 is 15.0 Å². The molecule has 208 valence electrons. The lowest BCUT2D eigenvalue weighted by Crippen LogP contribution is -2.52. The molecule has 8 nitrogen and oxygen atoms in total. The number of rotatable bonds is 11. The Bertz CT molecular complexity index is 1400. The number of anilines is 1. The van der Waals surface area contributed by atoms with Crippen LogP contribution in [0.25, 0.3) is 0 Å². The molecule has 11 heteroatoms. The summed E-state index contributed by atoms with van der Waals surface area (Å²) in [5.41, 5.74) is 0.820. The van der Waals surface area contributed by atoms with E-state index in [0.29, 0.717) is 11.3 Å². The minimum atomic E-state index is -4.22. The molecular weight excluding hydrogens is 561 g/mol. The Morgan fingerprint density at radius 1 is 0.923 bits per heavy atom. The lowest BCUT2D eigenvalue weighted by molar-refractivity contribution is -0.139. The molecule has 0 saturated carbocycles. The first-order valence-electron chi connectivity index (χ1n) is 12.2. The summed E-state index contributed by atoms with van der Waals surface area (Å²) >= 11 is 12.4. The van der Waals surface area contributed by atoms with E-state index >= 15 is 0 Å². The van der Waals surface area contributed by atoms with Gasteiger partial charge in [-0.1, -0.05) is 53.5 Å². The van der Waals surface area contributed by atoms with Crippen molar-refractivity contribution in [2.75, 3.05) is 18.0 Å². The first-order valence-corrected chi connectivity index (χ1v) is 14.4. The number of amides is 2. The third-order valence-electron chi connectivity index (χ3n) is 5.83. The first kappa shape index (κ1) is 30.3. The molecule has 3 aromatic carbocycles. The Hall–Kier alpha value is -3.27. The van der Waals surface area contributed by atoms with Gasteiger partial charge in [-0.05, 0) is 68.8 Å². The van der Waals surface area contributed by atoms with Crippen LogP contribution in [0.2, 0.25) is 10.0 Å². The third kappa shape index (κ3) is 7.88. The predicted molar refractivity (Wildman–Crippen MR) is 154 cm³/mol. The average Bonchev–Trinajstić information content (AvgIpc) is 2.89. The molecule has 0 spiro atoms. The summed E-state index contributed by atoms with van der Waals surface area (Å²) in [5.74, 6) is -0.384. The molecule has 1 atom stereocenters. The van der Waals surface area contributed by atoms with Gasteiger partial charge >= 0.3 is 0 Å². The van der Waals surface area contributed by atoms with Crippen LogP contribution in [0.4, 0.5) is 5.69 Å². The highest BCUT2D eigenvalue weighted by Crippen LogP contribution is 2.30. The minimum Gasteiger partial charge on any atom is -0.497 e. The molecule has 3 aromatic rings. The second-order valence-corrected chi connectivity index (χ2v) is 11.9. The topological polar surface area (TPSA) is 96.0 Å². The quantitative estimate of drug-likeness (QED) is 0.333. The number of halogens is 2. The zero-order valence-corrected chi connectivity index (χ0v) is 24.4. The summed E-state index contributed by atoms with van der Waals surface area (Å²) in [5, 5.41) is 3.23. The lowest BCUT2D eigenvalue weighted by atomic mass is 10.1. The Morgan fingerprint density at radius 3 is 2.15 bits per heavy atom. The number of hydrogen-bond donors (Lipinski definition) is 1. The molecule has 1 N–H and O–H groups in total. The molecule has 0 saturated heterocycles. The van der Waals surface area contributed by atoms with E-state index in [2.05, 4.69) is 5.32 Å². The SMILES string of the molecule is COc1cccc(CN(C(=O)CN(c2cc(Cl)cc(Cl)c2)S(=O)(=O)c2ccccc2)[C@@H](C)C(=O)NC(C)C)c1. The van der Waals surface area contributed by atoms with Crippen LogP contribution in [-0.2, 0) is 26.2 Å². The van der Waals surface area contributed by atoms with Crippen molar-refractivity contribution in [1.82, 2.24) is 10.2 Å². The normalized spacial score (nSPS) is 12.1. The molecule has 0 fully saturated rings. The highest BCUT2D eigenvalue weighted by atomic mass is 35.5. The maximum atomic E-state index is 13.9. The number of carbonyl (C=O) groups excluding carboxylic acids is 2. The van der Waals surface area contributed by atoms with Crippen LogP contribution in [0.3, 0.4) is 0 Å². The van der Waals surface area contributed by atoms with Crippen LogP contribution in [0, 0.1) is 0 Å². The molecule has 3 rings (SSSR count). The Balaban J connectivity index is 2.06. The van der Waals surface area contributed by atoms with Crippen molar-refractivity contribution >= 4 is 50.7 Å². The Kier molecular flexibility index (Phi) is 10.2. The summed E-state index contributed by atoms with van der Waals surface area (Å²) < 4.78 is 33.8. The molecule has 0 aliphatic rings. The van der Waals surface area contributed by atoms with Gasteiger partial charge in [0.05, 0.1) is 17.7 Å². The van der Waals surface area contributed by atoms with E-state index in [0.717, 1.165) is 4.31 Å². The van der Waals surface area contributed by atoms with Gasteiger partial charge in [0.2, 0.25) is 11.8 Å². The molecule has 39 heavy (non-hydrogen) atoms. The zero-order chi connectivity index (χ0) is 28.7. The first-order chi connectivity index (χ1) is 18.4. The van der Waals surface area contributed by atoms with E-state index < -0.39 is 28.5 Å². The maximum Gasteiger partial charge on any atom is 0.264 e. The van der Waals surface area contributed by atoms with Crippen molar-refractivity contribution < 1.29 is 22.7 Å². The molecule has 0 aliphatic heterocycles. The number of ether oxygens (including phenoxy) is 1. The van der Waals surface area contributed by atoms with Gasteiger partial charge in [-0.25, -0.2) is 8.42 Å². The van der Waals surface area contributed by atoms with Crippen LogP contribution < -0.4 is 14.4 Å². The zero-order valence-electron chi connectivity index (χ0n) is 22.1. The number of carbonyl (C=O) groups is 2. The fourth-order valence-electron chi connectivity index (χ4n) is 3.89. The van der Waals surface area contributed by atoms with Gasteiger partial charge in [0.1, 0.15) is 18.3 Å². The minimum absolute atomic E-state index is 0.0150. The summed E-state index contributed by atoms with van der Waals surface area (Å²) in [7, 11) is -2.69. The number of nitrogens with zero attached hydrogens (tertiary/aromatic N) is 2. The largest absolute Gasteiger partial charge is 0.497 e. The summed E-state index contributed by atoms with van der Waals surface area (Å²) in [6.07, 6.45) is 0. The molecule has 0 aromatic heterocycles. The van der Waals surface area contributed by atoms with E-state index in [1.807, 2.05) is 13.8 Å². The van der Waals surface area contributed by atoms with Crippen molar-refractivity contribution in [3.63, 3.8) is 0 Å². The average molecular weight is 593 g/mol. The highest BCUT2D eigenvalue weighted by molar-refractivity contribution is 7.92. The van der Waals surface area contributed by atoms with Gasteiger partial charge in [-0.2, -0.15) is 0 Å². The number of nitrogens with one attached hydrogen (secondary N) is 1. The van der Waals surface area contributed by atoms with Gasteiger partial charge in [0.25, 0.3) is 10.0 Å². The summed E-state index contributed by atoms with van der Waals surface area (Å²) in [4.78, 5) is 28.2. The van der Waals surface area contributed by atoms with E-state index in [-0.39, 0.29) is 39.1 Å². The van der Waals surface area contributed by atoms with E-state index in [4.69, 9.17) is 27.9 Å². The van der Waals surface area contributed by atoms with Gasteiger partial charge in [0, 0.05) is 22.6 Å². The number of sulfonamides is 1. The summed E-state index contributed by atoms with van der Waals surface area (Å²) in [6, 6.07) is 18.1. The van der Waals surface area contributed by atoms with Crippen LogP contribution in [-0.4, -0.2) is 50.9 Å². The monoisotopic (exact) mass is 591 g/mol. The van der Waals surface area contributed by atoms with Crippen LogP contribution >= 0.6 is 23.2 Å². The second kappa shape index (κ2) is 13.2. The summed E-state index contributed by atoms with van der Waals surface area (Å²) in [6.45, 7) is 4.67. The number of methoxy groups -OCH3 is 1. The van der Waals surface area contributed by atoms with E-state index in [1.165, 1.54) is 42.3 Å². The molecule has 0 aliphatic carbocycles. The van der Waals surface area contributed by atoms with Crippen LogP contribution in [0.15, 0.2) is 77.7 Å². The third-order valence-corrected chi connectivity index (χ3v) is 8.06. The van der Waals surface area contributed by atoms with Crippen molar-refractivity contribution in [1.29, 1.82) is 0 Å². The fourth-order valence-corrected chi connectivity index (χ4v) is 5.82. The van der Waals surface area contributed by atoms with E-state index in [9.17, 15) is 18.0 Å². The number of benzene rings is 3. The van der Waals surface area contributed by atoms with Crippen molar-refractivity contribution in [3.05, 3.63) is 88.4 Å². The van der Waals surface area contributed by atoms with Gasteiger partial charge in [-0.3, -0.25) is 13.9 Å². The standard InChI is InChI=1S/C28H31Cl2N3O5S/c1-19(2)31-28(35)20(3)32(17-21-9-8-10-25(13-21)38-4)27(34)18-33(24-15-22(29)14-23(30)16-24)39(36,37)26-11-6-5-7-12-26/h5-16,19-20H,17-18H2,1-4H3,(H,31,35)/t20-/m0/s1. The fraction of sp³-hybridized carbons (Fsp3) is 0.286. The Morgan fingerprint density at radius 2 is 1.56 bits per heavy atom. The molecule has 0 radical (unpaired) electrons. The van der Waals surface area contributed by atoms with Crippen molar-refractivity contribution in [3.8, 4) is 5.75 Å². The Labute approximate surface area is 239 Å². The second-order valence-electron chi connectivity index (χ2n) is 9.16. The smallest absolute Gasteiger partial charge is 0.264 e. The molecule has 0 bridgehead atoms. The maximum absolute atomic E-state index is 13.9. The molecular formula is C28H31Cl2N3O5S. The van der Waals surface area contributed by atoms with Crippen molar-refractivity contribution in [2.24, 2.45) is 0 Å². The highest BCUT2D eigenvalue weighted by Gasteiger charge is 2.33. The van der Waals surface area contributed by atoms with Crippen molar-refractivity contribution in [2.45, 2.75) is 44.3 Å². The van der Waals surface area contributed by atoms with Gasteiger partial charge in [-0.15, -0.1) is 0 Å². The lowest BCUT2D eigenvalue weighted by Gasteiger charge is -2.32. The molecule has 2 amide bonds. The van der Waals surface area contributed by atoms with Crippen LogP contribution in [0.5, 0.6) is 5.75 Å². The van der Waals surface area contributed by atoms with Gasteiger partial charge in [0.15, 0.2) is 0 Å². The number of hydrogen-bond acceptors (Lipinski definition) is 5. The molecule has 0 heterocycles. The molecule has 0 unspecified atom stereocenters. The van der Waals surface area contributed by atoms with E-state index in [1.54, 1.807) is 49.4 Å². The van der Waals surface area contributed by atoms with Crippen LogP contribution in [0.1, 0.15) is 26.3 Å².